The van der Waals surface area contributed by atoms with Crippen LogP contribution in [0.25, 0.3) is 28.4 Å². The molecular formula is C17H17ClN6O4P2. The van der Waals surface area contributed by atoms with Gasteiger partial charge in [0.05, 0.1) is 0 Å². The fraction of sp³-hybridized carbons (Fsp3) is 0.176. The maximum atomic E-state index is 13.3. The highest BCUT2D eigenvalue weighted by Crippen LogP contribution is 2.27. The van der Waals surface area contributed by atoms with Gasteiger partial charge in [-0.25, -0.2) is 14.1 Å². The molecule has 2 atom stereocenters. The van der Waals surface area contributed by atoms with Crippen LogP contribution < -0.4 is 11.2 Å². The first-order chi connectivity index (χ1) is 14.5. The summed E-state index contributed by atoms with van der Waals surface area (Å²) in [6.07, 6.45) is 1.63. The molecule has 0 saturated carbocycles. The van der Waals surface area contributed by atoms with Gasteiger partial charge in [-0.1, -0.05) is 11.6 Å². The maximum absolute atomic E-state index is 13.3. The Kier molecular flexibility index (Phi) is 5.86. The molecule has 1 aromatic carbocycles. The van der Waals surface area contributed by atoms with Crippen molar-refractivity contribution >= 4 is 41.2 Å². The molecule has 4 aromatic rings. The van der Waals surface area contributed by atoms with Gasteiger partial charge in [0.25, 0.3) is 5.56 Å². The van der Waals surface area contributed by atoms with Gasteiger partial charge >= 0.3 is 5.69 Å². The van der Waals surface area contributed by atoms with Crippen LogP contribution in [-0.4, -0.2) is 35.3 Å². The van der Waals surface area contributed by atoms with Crippen LogP contribution in [0.4, 0.5) is 0 Å². The van der Waals surface area contributed by atoms with Crippen LogP contribution in [0.2, 0.25) is 5.02 Å². The van der Waals surface area contributed by atoms with E-state index >= 15 is 0 Å². The van der Waals surface area contributed by atoms with Gasteiger partial charge in [-0.15, -0.1) is 0 Å². The van der Waals surface area contributed by atoms with E-state index in [-0.39, 0.29) is 17.9 Å². The lowest BCUT2D eigenvalue weighted by atomic mass is 10.3. The second-order valence-electron chi connectivity index (χ2n) is 6.20. The molecule has 0 spiro atoms. The van der Waals surface area contributed by atoms with Crippen molar-refractivity contribution in [2.75, 3.05) is 7.11 Å². The van der Waals surface area contributed by atoms with E-state index in [1.54, 1.807) is 52.8 Å². The first kappa shape index (κ1) is 20.9. The van der Waals surface area contributed by atoms with Crippen LogP contribution in [0.3, 0.4) is 0 Å². The van der Waals surface area contributed by atoms with E-state index in [0.717, 1.165) is 4.34 Å². The second kappa shape index (κ2) is 8.41. The Labute approximate surface area is 179 Å². The van der Waals surface area contributed by atoms with E-state index in [1.165, 1.54) is 11.7 Å². The van der Waals surface area contributed by atoms with E-state index in [4.69, 9.17) is 20.6 Å². The molecule has 0 N–H and O–H groups in total. The fourth-order valence-corrected chi connectivity index (χ4v) is 4.01. The van der Waals surface area contributed by atoms with E-state index < -0.39 is 20.2 Å². The summed E-state index contributed by atoms with van der Waals surface area (Å²) in [5.41, 5.74) is 0.612. The first-order valence-electron chi connectivity index (χ1n) is 8.61. The van der Waals surface area contributed by atoms with Crippen molar-refractivity contribution in [2.24, 2.45) is 7.05 Å². The number of nitrogens with zero attached hydrogens (tertiary/aromatic N) is 6. The topological polar surface area (TPSA) is 98.1 Å². The largest absolute Gasteiger partial charge is 0.344 e. The van der Waals surface area contributed by atoms with Gasteiger partial charge in [0, 0.05) is 40.5 Å². The first-order valence-corrected chi connectivity index (χ1v) is 10.3. The van der Waals surface area contributed by atoms with Gasteiger partial charge in [-0.05, 0) is 30.3 Å². The molecule has 3 heterocycles. The van der Waals surface area contributed by atoms with Crippen molar-refractivity contribution in [3.05, 3.63) is 62.4 Å². The number of rotatable bonds is 6. The molecule has 0 radical (unpaired) electrons. The summed E-state index contributed by atoms with van der Waals surface area (Å²) >= 11 is 6.06. The highest BCUT2D eigenvalue weighted by molar-refractivity contribution is 7.30. The van der Waals surface area contributed by atoms with Gasteiger partial charge < -0.3 is 9.05 Å². The lowest BCUT2D eigenvalue weighted by Gasteiger charge is -2.12. The van der Waals surface area contributed by atoms with E-state index in [1.807, 2.05) is 0 Å². The molecule has 0 aliphatic heterocycles. The molecule has 0 aliphatic carbocycles. The Balaban J connectivity index is 2.20. The number of hydrogen-bond donors (Lipinski definition) is 0. The van der Waals surface area contributed by atoms with Crippen molar-refractivity contribution < 1.29 is 9.05 Å². The van der Waals surface area contributed by atoms with Crippen molar-refractivity contribution in [3.8, 4) is 17.2 Å². The zero-order valence-electron chi connectivity index (χ0n) is 15.9. The SMILES string of the molecule is COPn1c(=O)c2c(nc(-c3ccnn3C)n2-c2ccc(Cl)cc2)n(COP)c1=O. The average molecular weight is 467 g/mol. The molecule has 4 rings (SSSR count). The fourth-order valence-electron chi connectivity index (χ4n) is 3.16. The van der Waals surface area contributed by atoms with Crippen LogP contribution in [0.15, 0.2) is 46.1 Å². The predicted octanol–water partition coefficient (Wildman–Crippen LogP) is 2.17. The minimum atomic E-state index is -0.576. The summed E-state index contributed by atoms with van der Waals surface area (Å²) in [6, 6.07) is 8.75. The van der Waals surface area contributed by atoms with E-state index in [2.05, 4.69) is 19.5 Å². The minimum Gasteiger partial charge on any atom is -0.344 e. The average Bonchev–Trinajstić information content (AvgIpc) is 3.32. The van der Waals surface area contributed by atoms with Gasteiger partial charge in [0.15, 0.2) is 17.0 Å². The molecule has 10 nitrogen and oxygen atoms in total. The Hall–Kier alpha value is -2.35. The molecule has 3 aromatic heterocycles. The maximum Gasteiger partial charge on any atom is 0.339 e. The summed E-state index contributed by atoms with van der Waals surface area (Å²) in [7, 11) is 4.79. The summed E-state index contributed by atoms with van der Waals surface area (Å²) in [5, 5.41) is 4.75. The lowest BCUT2D eigenvalue weighted by molar-refractivity contribution is 0.275. The van der Waals surface area contributed by atoms with Crippen molar-refractivity contribution in [1.82, 2.24) is 28.2 Å². The molecule has 2 unspecified atom stereocenters. The third-order valence-corrected chi connectivity index (χ3v) is 5.62. The van der Waals surface area contributed by atoms with Gasteiger partial charge in [-0.3, -0.25) is 18.6 Å². The highest BCUT2D eigenvalue weighted by atomic mass is 35.5. The quantitative estimate of drug-likeness (QED) is 0.404. The number of aromatic nitrogens is 6. The Morgan fingerprint density at radius 3 is 2.53 bits per heavy atom. The third kappa shape index (κ3) is 3.41. The van der Waals surface area contributed by atoms with Crippen LogP contribution >= 0.6 is 30.0 Å². The molecule has 156 valence electrons. The zero-order chi connectivity index (χ0) is 21.4. The lowest BCUT2D eigenvalue weighted by Crippen LogP contribution is -2.37. The molecule has 0 aliphatic rings. The normalized spacial score (nSPS) is 11.9. The van der Waals surface area contributed by atoms with E-state index in [9.17, 15) is 9.59 Å². The van der Waals surface area contributed by atoms with Gasteiger partial charge in [0.2, 0.25) is 0 Å². The zero-order valence-corrected chi connectivity index (χ0v) is 18.9. The number of aryl methyl sites for hydroxylation is 1. The molecular weight excluding hydrogens is 450 g/mol. The molecule has 0 amide bonds. The Bertz CT molecular complexity index is 1340. The Morgan fingerprint density at radius 2 is 1.93 bits per heavy atom. The summed E-state index contributed by atoms with van der Waals surface area (Å²) in [6.45, 7) is -0.114. The van der Waals surface area contributed by atoms with Crippen LogP contribution in [-0.2, 0) is 22.8 Å². The third-order valence-electron chi connectivity index (χ3n) is 4.46. The van der Waals surface area contributed by atoms with E-state index in [0.29, 0.717) is 22.2 Å². The number of imidazole rings is 1. The van der Waals surface area contributed by atoms with Crippen LogP contribution in [0.1, 0.15) is 0 Å². The number of fused-ring (bicyclic) bond motifs is 1. The smallest absolute Gasteiger partial charge is 0.339 e. The molecule has 0 bridgehead atoms. The van der Waals surface area contributed by atoms with Crippen molar-refractivity contribution in [1.29, 1.82) is 0 Å². The second-order valence-corrected chi connectivity index (χ2v) is 8.01. The highest BCUT2D eigenvalue weighted by Gasteiger charge is 2.24. The molecule has 13 heteroatoms. The Morgan fingerprint density at radius 1 is 1.20 bits per heavy atom. The molecule has 30 heavy (non-hydrogen) atoms. The number of hydrogen-bond acceptors (Lipinski definition) is 6. The van der Waals surface area contributed by atoms with Gasteiger partial charge in [0.1, 0.15) is 21.4 Å². The monoisotopic (exact) mass is 466 g/mol. The summed E-state index contributed by atoms with van der Waals surface area (Å²) < 4.78 is 15.8. The predicted molar refractivity (Wildman–Crippen MR) is 118 cm³/mol. The summed E-state index contributed by atoms with van der Waals surface area (Å²) in [4.78, 5) is 30.9. The van der Waals surface area contributed by atoms with Crippen LogP contribution in [0.5, 0.6) is 0 Å². The standard InChI is InChI=1S/C17H17ClN6O4P2/c1-21-12(7-8-19-21)14-20-15-13(23(14)11-5-3-10(18)4-6-11)16(25)24(30-27-2)17(26)22(15)9-28-29/h3-8,30H,9,29H2,1-2H3. The molecule has 0 fully saturated rings. The van der Waals surface area contributed by atoms with Crippen molar-refractivity contribution in [2.45, 2.75) is 6.73 Å². The minimum absolute atomic E-state index is 0.114. The molecule has 0 saturated heterocycles. The number of halogens is 1. The van der Waals surface area contributed by atoms with Crippen molar-refractivity contribution in [3.63, 3.8) is 0 Å². The van der Waals surface area contributed by atoms with Crippen LogP contribution in [0, 0.1) is 0 Å². The summed E-state index contributed by atoms with van der Waals surface area (Å²) in [5.74, 6) is 0.444. The number of benzene rings is 1. The van der Waals surface area contributed by atoms with Gasteiger partial charge in [-0.2, -0.15) is 5.10 Å².